The molecule has 22 aromatic rings. The van der Waals surface area contributed by atoms with Gasteiger partial charge in [-0.2, -0.15) is 0 Å². The Morgan fingerprint density at radius 1 is 0.280 bits per heavy atom. The minimum atomic E-state index is 0. The molecule has 0 aliphatic carbocycles. The summed E-state index contributed by atoms with van der Waals surface area (Å²) >= 11 is 7.19. The van der Waals surface area contributed by atoms with E-state index in [0.29, 0.717) is 0 Å². The van der Waals surface area contributed by atoms with Gasteiger partial charge in [-0.05, 0) is 204 Å². The second kappa shape index (κ2) is 27.6. The Morgan fingerprint density at radius 3 is 1.20 bits per heavy atom. The van der Waals surface area contributed by atoms with E-state index in [-0.39, 0.29) is 14.9 Å². The van der Waals surface area contributed by atoms with E-state index in [4.69, 9.17) is 8.83 Å². The maximum absolute atomic E-state index is 6.22. The molecule has 8 aromatic heterocycles. The van der Waals surface area contributed by atoms with Crippen LogP contribution < -0.4 is 10.2 Å². The molecule has 0 saturated heterocycles. The van der Waals surface area contributed by atoms with E-state index in [1.165, 1.54) is 89.6 Å². The summed E-state index contributed by atoms with van der Waals surface area (Å²) in [5.41, 5.74) is 18.5. The summed E-state index contributed by atoms with van der Waals surface area (Å²) in [6, 6.07) is 120. The molecule has 0 amide bonds. The summed E-state index contributed by atoms with van der Waals surface area (Å²) in [6.07, 6.45) is 3.69. The van der Waals surface area contributed by atoms with E-state index in [1.807, 2.05) is 95.7 Å². The number of nitrogens with one attached hydrogen (secondary N) is 1. The number of hydrogen-bond acceptors (Lipinski definition) is 8. The second-order valence-electron chi connectivity index (χ2n) is 26.2. The highest BCUT2D eigenvalue weighted by Crippen LogP contribution is 2.45. The number of aromatic nitrogens is 4. The average Bonchev–Trinajstić information content (AvgIpc) is 1.61. The quantitative estimate of drug-likeness (QED) is 0.155. The number of hydrogen-bond donors (Lipinski definition) is 1. The zero-order chi connectivity index (χ0) is 69.5. The van der Waals surface area contributed by atoms with Crippen LogP contribution in [0.15, 0.2) is 365 Å². The van der Waals surface area contributed by atoms with Crippen LogP contribution in [-0.4, -0.2) is 19.1 Å². The first-order valence-corrected chi connectivity index (χ1v) is 37.3. The molecule has 1 N–H and O–H groups in total. The van der Waals surface area contributed by atoms with Gasteiger partial charge in [-0.1, -0.05) is 189 Å². The van der Waals surface area contributed by atoms with Crippen molar-refractivity contribution in [2.75, 3.05) is 10.2 Å². The van der Waals surface area contributed by atoms with Gasteiger partial charge in [0.05, 0.1) is 22.1 Å². The van der Waals surface area contributed by atoms with Crippen molar-refractivity contribution < 1.29 is 8.83 Å². The summed E-state index contributed by atoms with van der Waals surface area (Å²) in [4.78, 5) is 11.6. The summed E-state index contributed by atoms with van der Waals surface area (Å²) in [7, 11) is 0. The Hall–Kier alpha value is -12.9. The molecule has 22 rings (SSSR count). The molecule has 0 fully saturated rings. The molecule has 107 heavy (non-hydrogen) atoms. The molecule has 0 saturated carbocycles. The molecule has 0 aliphatic rings. The number of furan rings is 2. The number of thiophene rings is 2. The van der Waals surface area contributed by atoms with Crippen molar-refractivity contribution in [1.82, 2.24) is 19.1 Å². The lowest BCUT2D eigenvalue weighted by atomic mass is 10.0. The van der Waals surface area contributed by atoms with E-state index in [1.54, 1.807) is 0 Å². The van der Waals surface area contributed by atoms with Gasteiger partial charge in [0.15, 0.2) is 0 Å². The number of pyridine rings is 2. The van der Waals surface area contributed by atoms with E-state index in [2.05, 4.69) is 324 Å². The Morgan fingerprint density at radius 2 is 0.654 bits per heavy atom. The lowest BCUT2D eigenvalue weighted by Gasteiger charge is -2.26. The van der Waals surface area contributed by atoms with E-state index in [0.717, 1.165) is 105 Å². The van der Waals surface area contributed by atoms with Crippen LogP contribution in [0, 0.1) is 0 Å². The molecule has 11 heteroatoms. The number of halogens is 1. The van der Waals surface area contributed by atoms with Crippen molar-refractivity contribution in [3.8, 4) is 33.9 Å². The number of para-hydroxylation sites is 4. The predicted octanol–water partition coefficient (Wildman–Crippen LogP) is 29.2. The lowest BCUT2D eigenvalue weighted by Crippen LogP contribution is -2.09. The van der Waals surface area contributed by atoms with Gasteiger partial charge in [0.1, 0.15) is 34.0 Å². The Balaban J connectivity index is 0.000000124. The van der Waals surface area contributed by atoms with Crippen LogP contribution in [0.4, 0.5) is 28.4 Å². The molecule has 0 spiro atoms. The Bertz CT molecular complexity index is 6870. The van der Waals surface area contributed by atoms with Crippen LogP contribution in [0.1, 0.15) is 14.9 Å². The minimum Gasteiger partial charge on any atom is -0.456 e. The lowest BCUT2D eigenvalue weighted by molar-refractivity contribution is 0.668. The van der Waals surface area contributed by atoms with Gasteiger partial charge < -0.3 is 19.1 Å². The maximum Gasteiger partial charge on any atom is 0.137 e. The van der Waals surface area contributed by atoms with Crippen molar-refractivity contribution in [1.29, 1.82) is 0 Å². The van der Waals surface area contributed by atoms with Crippen LogP contribution in [0.25, 0.3) is 162 Å². The van der Waals surface area contributed by atoms with Crippen molar-refractivity contribution in [2.24, 2.45) is 0 Å². The maximum atomic E-state index is 6.22. The van der Waals surface area contributed by atoms with E-state index in [9.17, 15) is 0 Å². The fourth-order valence-electron chi connectivity index (χ4n) is 15.1. The van der Waals surface area contributed by atoms with Gasteiger partial charge in [0.2, 0.25) is 0 Å². The molecule has 0 bridgehead atoms. The monoisotopic (exact) mass is 1480 g/mol. The van der Waals surface area contributed by atoms with Gasteiger partial charge in [-0.15, -0.1) is 22.7 Å². The summed E-state index contributed by atoms with van der Waals surface area (Å²) in [5, 5.41) is 18.2. The Labute approximate surface area is 633 Å². The first kappa shape index (κ1) is 66.1. The van der Waals surface area contributed by atoms with Crippen molar-refractivity contribution in [3.63, 3.8) is 0 Å². The van der Waals surface area contributed by atoms with E-state index >= 15 is 0 Å². The van der Waals surface area contributed by atoms with Gasteiger partial charge in [0.25, 0.3) is 0 Å². The molecule has 0 atom stereocenters. The highest BCUT2D eigenvalue weighted by Gasteiger charge is 2.21. The molecule has 512 valence electrons. The third-order valence-corrected chi connectivity index (χ3v) is 22.8. The minimum absolute atomic E-state index is 0. The van der Waals surface area contributed by atoms with Gasteiger partial charge >= 0.3 is 0 Å². The van der Waals surface area contributed by atoms with Gasteiger partial charge in [-0.3, -0.25) is 9.13 Å². The first-order chi connectivity index (χ1) is 51.9. The smallest absolute Gasteiger partial charge is 0.137 e. The SMILES string of the molecule is Brc1ccc(-c2ccc3c(c2)c2ccccc2n3-c2ccccn2)cc1.C.C.c1ccc(-n2c3ccccc3c3cc(-c4ccc(N(c5ccc6oc7ccccc7c6c5)c5ccc6sc7ccccc7c6c5)cc4)ccc32)nc1.c1ccc2c(c1)oc1ccc(Nc3ccc4sc5ccccc5c4c3)cc12. The van der Waals surface area contributed by atoms with Crippen LogP contribution >= 0.6 is 38.6 Å². The average molecular weight is 1480 g/mol. The van der Waals surface area contributed by atoms with Crippen LogP contribution in [0.5, 0.6) is 0 Å². The molecule has 8 heterocycles. The zero-order valence-corrected chi connectivity index (χ0v) is 59.5. The fourth-order valence-corrected chi connectivity index (χ4v) is 17.6. The highest BCUT2D eigenvalue weighted by atomic mass is 79.9. The number of anilines is 5. The second-order valence-corrected chi connectivity index (χ2v) is 29.3. The largest absolute Gasteiger partial charge is 0.456 e. The summed E-state index contributed by atoms with van der Waals surface area (Å²) in [6.45, 7) is 0. The molecular formula is C96H67BrN6O2S2. The first-order valence-electron chi connectivity index (χ1n) is 34.9. The standard InChI is InChI=1S/C47H29N3OS.C24H15NOS.C23H15BrN2.2CH4/c1-4-12-41-35(9-1)38-27-31(18-23-42(38)50(41)47-15-7-8-26-48-47)30-16-19-32(20-17-30)49(33-21-24-44-39(28-33)36-10-2-5-13-43(36)51-44)34-22-25-46-40(29-34)37-11-3-6-14-45(37)52-46;1-3-7-21-17(5-1)19-13-15(9-11-22(19)26-21)25-16-10-12-24-20(14-16)18-6-2-4-8-23(18)27-24;24-18-11-8-16(9-12-18)17-10-13-22-20(15-17)19-5-1-2-6-21(19)26(22)23-7-3-4-14-25-23;;/h1-29H;1-14,25H;1-15H;2*1H4. The number of nitrogens with zero attached hydrogens (tertiary/aromatic N) is 5. The van der Waals surface area contributed by atoms with Crippen molar-refractivity contribution >= 4 is 195 Å². The molecular weight excluding hydrogens is 1410 g/mol. The van der Waals surface area contributed by atoms with Gasteiger partial charge in [0, 0.05) is 129 Å². The number of benzene rings is 14. The number of fused-ring (bicyclic) bond motifs is 18. The normalized spacial score (nSPS) is 11.4. The Kier molecular flexibility index (Phi) is 17.1. The molecule has 0 radical (unpaired) electrons. The molecule has 8 nitrogen and oxygen atoms in total. The van der Waals surface area contributed by atoms with Crippen molar-refractivity contribution in [2.45, 2.75) is 14.9 Å². The van der Waals surface area contributed by atoms with Crippen LogP contribution in [0.3, 0.4) is 0 Å². The zero-order valence-electron chi connectivity index (χ0n) is 56.2. The van der Waals surface area contributed by atoms with Crippen LogP contribution in [-0.2, 0) is 0 Å². The topological polar surface area (TPSA) is 77.2 Å². The summed E-state index contributed by atoms with van der Waals surface area (Å²) in [5.74, 6) is 1.86. The molecule has 14 aromatic carbocycles. The van der Waals surface area contributed by atoms with Crippen LogP contribution in [0.2, 0.25) is 0 Å². The van der Waals surface area contributed by atoms with E-state index < -0.39 is 0 Å². The summed E-state index contributed by atoms with van der Waals surface area (Å²) < 4.78 is 23.0. The fraction of sp³-hybridized carbons (Fsp3) is 0.0208. The highest BCUT2D eigenvalue weighted by molar-refractivity contribution is 9.10. The molecule has 0 unspecified atom stereocenters. The predicted molar refractivity (Wildman–Crippen MR) is 460 cm³/mol. The molecule has 0 aliphatic heterocycles. The number of rotatable bonds is 9. The third-order valence-electron chi connectivity index (χ3n) is 20.0. The van der Waals surface area contributed by atoms with Gasteiger partial charge in [-0.25, -0.2) is 9.97 Å². The third kappa shape index (κ3) is 11.9. The van der Waals surface area contributed by atoms with Crippen molar-refractivity contribution in [3.05, 3.63) is 357 Å².